The topological polar surface area (TPSA) is 95.7 Å². The van der Waals surface area contributed by atoms with E-state index in [2.05, 4.69) is 55.0 Å². The lowest BCUT2D eigenvalue weighted by molar-refractivity contribution is -0.117. The van der Waals surface area contributed by atoms with Crippen LogP contribution in [0.4, 0.5) is 11.6 Å². The number of β-amino-alcohol motifs (C(OH)–C–C–N with tert-alkyl or cyclic N) is 1. The van der Waals surface area contributed by atoms with Gasteiger partial charge in [0.1, 0.15) is 23.6 Å². The van der Waals surface area contributed by atoms with Crippen LogP contribution in [0.25, 0.3) is 5.65 Å². The number of terminal acetylenes is 1. The molecule has 0 spiro atoms. The summed E-state index contributed by atoms with van der Waals surface area (Å²) in [5.74, 6) is 4.43. The molecule has 7 rings (SSSR count). The summed E-state index contributed by atoms with van der Waals surface area (Å²) in [4.78, 5) is 28.7. The Hall–Kier alpha value is -4.22. The van der Waals surface area contributed by atoms with Gasteiger partial charge in [0.25, 0.3) is 0 Å². The van der Waals surface area contributed by atoms with Crippen LogP contribution < -0.4 is 10.2 Å². The van der Waals surface area contributed by atoms with Crippen molar-refractivity contribution in [1.29, 1.82) is 0 Å². The van der Waals surface area contributed by atoms with Gasteiger partial charge in [-0.25, -0.2) is 15.0 Å². The SMILES string of the molecule is C#Cc1cccc([C@H]2C[C@@H]2C(=O)Nc2cc(N3C[C@@H](O)C[C@@H]3c3cn4cc(C5CC5)ccc4n3)ncn2)c1. The molecular weight excluding hydrogens is 476 g/mol. The van der Waals surface area contributed by atoms with Crippen molar-refractivity contribution in [3.63, 3.8) is 0 Å². The first-order chi connectivity index (χ1) is 18.6. The molecule has 2 N–H and O–H groups in total. The number of imidazole rings is 1. The van der Waals surface area contributed by atoms with Crippen LogP contribution in [0, 0.1) is 18.3 Å². The maximum atomic E-state index is 13.0. The normalized spacial score (nSPS) is 24.4. The minimum Gasteiger partial charge on any atom is -0.391 e. The van der Waals surface area contributed by atoms with Crippen LogP contribution in [-0.2, 0) is 4.79 Å². The molecule has 3 aliphatic rings. The van der Waals surface area contributed by atoms with Crippen LogP contribution in [0.5, 0.6) is 0 Å². The lowest BCUT2D eigenvalue weighted by Gasteiger charge is -2.24. The van der Waals surface area contributed by atoms with Gasteiger partial charge in [0.15, 0.2) is 0 Å². The zero-order chi connectivity index (χ0) is 25.8. The summed E-state index contributed by atoms with van der Waals surface area (Å²) in [5.41, 5.74) is 5.06. The number of rotatable bonds is 6. The van der Waals surface area contributed by atoms with E-state index in [0.717, 1.165) is 28.9 Å². The van der Waals surface area contributed by atoms with Gasteiger partial charge in [-0.3, -0.25) is 4.79 Å². The molecule has 0 radical (unpaired) electrons. The van der Waals surface area contributed by atoms with Crippen molar-refractivity contribution in [3.8, 4) is 12.3 Å². The number of carbonyl (C=O) groups is 1. The average Bonchev–Trinajstić information content (AvgIpc) is 3.86. The monoisotopic (exact) mass is 504 g/mol. The Labute approximate surface area is 220 Å². The third-order valence-corrected chi connectivity index (χ3v) is 7.97. The number of hydrogen-bond acceptors (Lipinski definition) is 6. The number of fused-ring (bicyclic) bond motifs is 1. The number of aliphatic hydroxyl groups excluding tert-OH is 1. The number of nitrogens with one attached hydrogen (secondary N) is 1. The molecule has 2 aliphatic carbocycles. The summed E-state index contributed by atoms with van der Waals surface area (Å²) in [6.07, 6.45) is 14.6. The lowest BCUT2D eigenvalue weighted by Crippen LogP contribution is -2.26. The number of amides is 1. The summed E-state index contributed by atoms with van der Waals surface area (Å²) in [6.45, 7) is 0.437. The van der Waals surface area contributed by atoms with Gasteiger partial charge in [0, 0.05) is 42.9 Å². The number of benzene rings is 1. The predicted molar refractivity (Wildman–Crippen MR) is 144 cm³/mol. The van der Waals surface area contributed by atoms with Gasteiger partial charge >= 0.3 is 0 Å². The van der Waals surface area contributed by atoms with E-state index in [-0.39, 0.29) is 23.8 Å². The highest BCUT2D eigenvalue weighted by Crippen LogP contribution is 2.48. The minimum absolute atomic E-state index is 0.0596. The third kappa shape index (κ3) is 4.29. The van der Waals surface area contributed by atoms with Crippen LogP contribution in [0.15, 0.2) is 61.2 Å². The minimum atomic E-state index is -0.495. The molecular formula is C30H28N6O2. The van der Waals surface area contributed by atoms with Gasteiger partial charge in [-0.1, -0.05) is 24.1 Å². The molecule has 8 nitrogen and oxygen atoms in total. The van der Waals surface area contributed by atoms with Gasteiger partial charge in [-0.05, 0) is 60.4 Å². The number of nitrogens with zero attached hydrogens (tertiary/aromatic N) is 5. The van der Waals surface area contributed by atoms with Crippen molar-refractivity contribution in [2.24, 2.45) is 5.92 Å². The van der Waals surface area contributed by atoms with Crippen LogP contribution in [0.2, 0.25) is 0 Å². The Kier molecular flexibility index (Phi) is 5.41. The molecule has 1 saturated heterocycles. The largest absolute Gasteiger partial charge is 0.391 e. The molecule has 1 amide bonds. The van der Waals surface area contributed by atoms with Gasteiger partial charge < -0.3 is 19.7 Å². The Morgan fingerprint density at radius 3 is 2.82 bits per heavy atom. The fourth-order valence-corrected chi connectivity index (χ4v) is 5.70. The van der Waals surface area contributed by atoms with E-state index in [1.165, 1.54) is 24.7 Å². The van der Waals surface area contributed by atoms with Gasteiger partial charge in [-0.15, -0.1) is 6.42 Å². The summed E-state index contributed by atoms with van der Waals surface area (Å²) in [5, 5.41) is 13.5. The Morgan fingerprint density at radius 2 is 1.97 bits per heavy atom. The molecule has 0 unspecified atom stereocenters. The van der Waals surface area contributed by atoms with E-state index >= 15 is 0 Å². The van der Waals surface area contributed by atoms with Crippen LogP contribution in [0.3, 0.4) is 0 Å². The zero-order valence-corrected chi connectivity index (χ0v) is 20.9. The molecule has 8 heteroatoms. The second kappa shape index (κ2) is 8.96. The summed E-state index contributed by atoms with van der Waals surface area (Å²) in [7, 11) is 0. The van der Waals surface area contributed by atoms with E-state index in [1.54, 1.807) is 6.07 Å². The highest BCUT2D eigenvalue weighted by atomic mass is 16.3. The molecule has 1 aliphatic heterocycles. The number of pyridine rings is 1. The quantitative estimate of drug-likeness (QED) is 0.385. The first-order valence-corrected chi connectivity index (χ1v) is 13.2. The number of aliphatic hydroxyl groups is 1. The molecule has 3 fully saturated rings. The zero-order valence-electron chi connectivity index (χ0n) is 20.9. The third-order valence-electron chi connectivity index (χ3n) is 7.97. The summed E-state index contributed by atoms with van der Waals surface area (Å²) < 4.78 is 2.09. The number of carbonyl (C=O) groups excluding carboxylic acids is 1. The summed E-state index contributed by atoms with van der Waals surface area (Å²) in [6, 6.07) is 13.7. The van der Waals surface area contributed by atoms with Crippen molar-refractivity contribution in [3.05, 3.63) is 83.6 Å². The fourth-order valence-electron chi connectivity index (χ4n) is 5.70. The molecule has 0 bridgehead atoms. The number of anilines is 2. The van der Waals surface area contributed by atoms with Gasteiger partial charge in [-0.2, -0.15) is 0 Å². The lowest BCUT2D eigenvalue weighted by atomic mass is 10.1. The van der Waals surface area contributed by atoms with Crippen molar-refractivity contribution in [2.45, 2.75) is 49.7 Å². The molecule has 4 heterocycles. The molecule has 38 heavy (non-hydrogen) atoms. The Balaban J connectivity index is 1.08. The number of hydrogen-bond donors (Lipinski definition) is 2. The second-order valence-electron chi connectivity index (χ2n) is 10.7. The van der Waals surface area contributed by atoms with Crippen LogP contribution in [0.1, 0.15) is 65.9 Å². The predicted octanol–water partition coefficient (Wildman–Crippen LogP) is 4.04. The molecule has 1 aromatic carbocycles. The highest BCUT2D eigenvalue weighted by molar-refractivity contribution is 5.94. The molecule has 3 aromatic heterocycles. The van der Waals surface area contributed by atoms with Crippen molar-refractivity contribution in [1.82, 2.24) is 19.4 Å². The molecule has 190 valence electrons. The number of aromatic nitrogens is 4. The smallest absolute Gasteiger partial charge is 0.229 e. The highest BCUT2D eigenvalue weighted by Gasteiger charge is 2.44. The van der Waals surface area contributed by atoms with Crippen LogP contribution >= 0.6 is 0 Å². The Bertz CT molecular complexity index is 1590. The first-order valence-electron chi connectivity index (χ1n) is 13.2. The van der Waals surface area contributed by atoms with Crippen molar-refractivity contribution >= 4 is 23.2 Å². The van der Waals surface area contributed by atoms with E-state index in [0.29, 0.717) is 30.5 Å². The standard InChI is InChI=1S/C30H28N6O2/c1-2-18-4-3-5-20(10-18)23-12-24(23)30(38)34-27-13-29(32-17-31-27)36-15-22(37)11-26(36)25-16-35-14-21(19-6-7-19)8-9-28(35)33-25/h1,3-5,8-10,13-14,16-17,19,22-24,26,37H,6-7,11-12,15H2,(H,31,32,34,38)/t22-,23+,24-,26+/m0/s1. The average molecular weight is 505 g/mol. The Morgan fingerprint density at radius 1 is 1.08 bits per heavy atom. The molecule has 4 aromatic rings. The van der Waals surface area contributed by atoms with E-state index in [1.807, 2.05) is 24.3 Å². The molecule has 4 atom stereocenters. The summed E-state index contributed by atoms with van der Waals surface area (Å²) >= 11 is 0. The maximum absolute atomic E-state index is 13.0. The van der Waals surface area contributed by atoms with E-state index in [9.17, 15) is 9.90 Å². The van der Waals surface area contributed by atoms with Crippen LogP contribution in [-0.4, -0.2) is 43.0 Å². The van der Waals surface area contributed by atoms with Gasteiger partial charge in [0.2, 0.25) is 5.91 Å². The van der Waals surface area contributed by atoms with Crippen molar-refractivity contribution in [2.75, 3.05) is 16.8 Å². The fraction of sp³-hybridized carbons (Fsp3) is 0.333. The molecule has 2 saturated carbocycles. The van der Waals surface area contributed by atoms with Gasteiger partial charge in [0.05, 0.1) is 17.8 Å². The maximum Gasteiger partial charge on any atom is 0.229 e. The first kappa shape index (κ1) is 22.9. The van der Waals surface area contributed by atoms with Crippen molar-refractivity contribution < 1.29 is 9.90 Å². The second-order valence-corrected chi connectivity index (χ2v) is 10.7. The van der Waals surface area contributed by atoms with E-state index in [4.69, 9.17) is 11.4 Å². The van der Waals surface area contributed by atoms with E-state index < -0.39 is 6.10 Å².